The summed E-state index contributed by atoms with van der Waals surface area (Å²) in [6, 6.07) is 62.1. The van der Waals surface area contributed by atoms with Crippen LogP contribution in [0.5, 0.6) is 0 Å². The van der Waals surface area contributed by atoms with Gasteiger partial charge in [0.25, 0.3) is 0 Å². The first-order valence-electron chi connectivity index (χ1n) is 14.9. The number of benzene rings is 7. The highest BCUT2D eigenvalue weighted by Crippen LogP contribution is 2.38. The van der Waals surface area contributed by atoms with Gasteiger partial charge < -0.3 is 9.32 Å². The van der Waals surface area contributed by atoms with Gasteiger partial charge in [0.2, 0.25) is 0 Å². The first-order chi connectivity index (χ1) is 21.8. The molecular formula is C42H29NO. The molecule has 44 heavy (non-hydrogen) atoms. The molecule has 0 saturated heterocycles. The summed E-state index contributed by atoms with van der Waals surface area (Å²) in [6.45, 7) is 0. The van der Waals surface area contributed by atoms with Crippen LogP contribution in [0, 0.1) is 0 Å². The average Bonchev–Trinajstić information content (AvgIpc) is 3.52. The lowest BCUT2D eigenvalue weighted by molar-refractivity contribution is 0.632. The maximum atomic E-state index is 6.33. The van der Waals surface area contributed by atoms with E-state index in [4.69, 9.17) is 4.42 Å². The predicted molar refractivity (Wildman–Crippen MR) is 185 cm³/mol. The Bertz CT molecular complexity index is 2040. The number of hydrogen-bond acceptors (Lipinski definition) is 2. The summed E-state index contributed by atoms with van der Waals surface area (Å²) < 4.78 is 6.33. The molecule has 208 valence electrons. The molecule has 0 aliphatic carbocycles. The van der Waals surface area contributed by atoms with E-state index in [1.807, 2.05) is 0 Å². The van der Waals surface area contributed by atoms with Gasteiger partial charge in [0, 0.05) is 28.0 Å². The van der Waals surface area contributed by atoms with Crippen molar-refractivity contribution >= 4 is 38.8 Å². The molecule has 0 amide bonds. The maximum absolute atomic E-state index is 6.33. The van der Waals surface area contributed by atoms with Gasteiger partial charge in [-0.25, -0.2) is 0 Å². The summed E-state index contributed by atoms with van der Waals surface area (Å²) in [5.41, 5.74) is 10.0. The van der Waals surface area contributed by atoms with E-state index in [2.05, 4.69) is 181 Å². The van der Waals surface area contributed by atoms with Crippen LogP contribution in [0.25, 0.3) is 55.3 Å². The van der Waals surface area contributed by atoms with E-state index >= 15 is 0 Å². The minimum absolute atomic E-state index is 0.868. The normalized spacial score (nSPS) is 11.2. The van der Waals surface area contributed by atoms with Crippen molar-refractivity contribution in [2.45, 2.75) is 0 Å². The summed E-state index contributed by atoms with van der Waals surface area (Å²) >= 11 is 0. The molecule has 8 aromatic rings. The van der Waals surface area contributed by atoms with Crippen LogP contribution in [0.1, 0.15) is 0 Å². The molecule has 0 aliphatic rings. The van der Waals surface area contributed by atoms with E-state index in [1.165, 1.54) is 33.0 Å². The van der Waals surface area contributed by atoms with Gasteiger partial charge >= 0.3 is 0 Å². The second-order valence-electron chi connectivity index (χ2n) is 11.1. The number of hydrogen-bond donors (Lipinski definition) is 0. The molecule has 0 aliphatic heterocycles. The quantitative estimate of drug-likeness (QED) is 0.200. The molecule has 8 rings (SSSR count). The van der Waals surface area contributed by atoms with Gasteiger partial charge in [-0.2, -0.15) is 0 Å². The Morgan fingerprint density at radius 3 is 1.23 bits per heavy atom. The van der Waals surface area contributed by atoms with Gasteiger partial charge in [-0.3, -0.25) is 0 Å². The SMILES string of the molecule is c1ccc(-c2ccc(N(c3ccc(-c4ccccc4)cc3)c3ccc(-c4cc5cc6ccccc6cc5o4)cc3)cc2)cc1. The molecule has 0 radical (unpaired) electrons. The van der Waals surface area contributed by atoms with Gasteiger partial charge in [0.1, 0.15) is 11.3 Å². The molecule has 7 aromatic carbocycles. The van der Waals surface area contributed by atoms with Crippen molar-refractivity contribution in [1.29, 1.82) is 0 Å². The van der Waals surface area contributed by atoms with Crippen molar-refractivity contribution in [3.63, 3.8) is 0 Å². The Morgan fingerprint density at radius 2 is 0.727 bits per heavy atom. The van der Waals surface area contributed by atoms with Crippen LogP contribution >= 0.6 is 0 Å². The third-order valence-electron chi connectivity index (χ3n) is 8.26. The molecule has 0 N–H and O–H groups in total. The monoisotopic (exact) mass is 563 g/mol. The van der Waals surface area contributed by atoms with Gasteiger partial charge in [-0.1, -0.05) is 109 Å². The predicted octanol–water partition coefficient (Wildman–Crippen LogP) is 12.1. The largest absolute Gasteiger partial charge is 0.456 e. The van der Waals surface area contributed by atoms with Crippen LogP contribution in [0.3, 0.4) is 0 Å². The van der Waals surface area contributed by atoms with Crippen LogP contribution in [0.15, 0.2) is 180 Å². The lowest BCUT2D eigenvalue weighted by Crippen LogP contribution is -2.09. The lowest BCUT2D eigenvalue weighted by atomic mass is 10.0. The van der Waals surface area contributed by atoms with Crippen molar-refractivity contribution in [2.24, 2.45) is 0 Å². The molecule has 1 aromatic heterocycles. The number of anilines is 3. The van der Waals surface area contributed by atoms with Crippen LogP contribution in [0.4, 0.5) is 17.1 Å². The summed E-state index contributed by atoms with van der Waals surface area (Å²) in [4.78, 5) is 2.30. The zero-order valence-electron chi connectivity index (χ0n) is 24.1. The highest BCUT2D eigenvalue weighted by Gasteiger charge is 2.15. The van der Waals surface area contributed by atoms with Gasteiger partial charge in [0.15, 0.2) is 0 Å². The van der Waals surface area contributed by atoms with E-state index in [1.54, 1.807) is 0 Å². The summed E-state index contributed by atoms with van der Waals surface area (Å²) in [5, 5.41) is 3.51. The van der Waals surface area contributed by atoms with Crippen molar-refractivity contribution < 1.29 is 4.42 Å². The Morgan fingerprint density at radius 1 is 0.318 bits per heavy atom. The Kier molecular flexibility index (Phi) is 6.51. The summed E-state index contributed by atoms with van der Waals surface area (Å²) in [5.74, 6) is 0.868. The first kappa shape index (κ1) is 25.8. The second-order valence-corrected chi connectivity index (χ2v) is 11.1. The molecule has 0 unspecified atom stereocenters. The smallest absolute Gasteiger partial charge is 0.135 e. The highest BCUT2D eigenvalue weighted by molar-refractivity contribution is 5.97. The molecule has 2 nitrogen and oxygen atoms in total. The second kappa shape index (κ2) is 11.1. The fourth-order valence-corrected chi connectivity index (χ4v) is 5.96. The number of rotatable bonds is 6. The third-order valence-corrected chi connectivity index (χ3v) is 8.26. The van der Waals surface area contributed by atoms with Crippen molar-refractivity contribution in [3.8, 4) is 33.6 Å². The zero-order valence-corrected chi connectivity index (χ0v) is 24.1. The van der Waals surface area contributed by atoms with E-state index in [0.717, 1.165) is 39.4 Å². The standard InChI is InChI=1S/C42H29NO/c1-3-9-30(10-4-1)32-15-21-38(22-16-32)43(39-23-17-33(18-24-39)31-11-5-2-6-12-31)40-25-19-34(20-26-40)41-29-37-27-35-13-7-8-14-36(35)28-42(37)44-41/h1-29H. The van der Waals surface area contributed by atoms with E-state index in [-0.39, 0.29) is 0 Å². The maximum Gasteiger partial charge on any atom is 0.135 e. The molecular weight excluding hydrogens is 534 g/mol. The van der Waals surface area contributed by atoms with Crippen LogP contribution in [-0.4, -0.2) is 0 Å². The van der Waals surface area contributed by atoms with E-state index in [9.17, 15) is 0 Å². The molecule has 0 bridgehead atoms. The fourth-order valence-electron chi connectivity index (χ4n) is 5.96. The van der Waals surface area contributed by atoms with Gasteiger partial charge in [-0.15, -0.1) is 0 Å². The molecule has 2 heteroatoms. The molecule has 0 fully saturated rings. The molecule has 0 atom stereocenters. The van der Waals surface area contributed by atoms with Gasteiger partial charge in [0.05, 0.1) is 0 Å². The van der Waals surface area contributed by atoms with Crippen molar-refractivity contribution in [1.82, 2.24) is 0 Å². The first-order valence-corrected chi connectivity index (χ1v) is 14.9. The molecule has 0 spiro atoms. The van der Waals surface area contributed by atoms with Crippen LogP contribution in [0.2, 0.25) is 0 Å². The van der Waals surface area contributed by atoms with Gasteiger partial charge in [-0.05, 0) is 99.8 Å². The summed E-state index contributed by atoms with van der Waals surface area (Å²) in [7, 11) is 0. The zero-order chi connectivity index (χ0) is 29.3. The van der Waals surface area contributed by atoms with Crippen LogP contribution in [-0.2, 0) is 0 Å². The highest BCUT2D eigenvalue weighted by atomic mass is 16.3. The van der Waals surface area contributed by atoms with Crippen LogP contribution < -0.4 is 4.90 Å². The fraction of sp³-hybridized carbons (Fsp3) is 0. The minimum Gasteiger partial charge on any atom is -0.456 e. The third kappa shape index (κ3) is 4.93. The van der Waals surface area contributed by atoms with Crippen molar-refractivity contribution in [3.05, 3.63) is 176 Å². The number of nitrogens with zero attached hydrogens (tertiary/aromatic N) is 1. The Balaban J connectivity index is 1.16. The molecule has 1 heterocycles. The summed E-state index contributed by atoms with van der Waals surface area (Å²) in [6.07, 6.45) is 0. The molecule has 0 saturated carbocycles. The Hall–Kier alpha value is -5.86. The number of furan rings is 1. The minimum atomic E-state index is 0.868. The van der Waals surface area contributed by atoms with E-state index < -0.39 is 0 Å². The topological polar surface area (TPSA) is 16.4 Å². The lowest BCUT2D eigenvalue weighted by Gasteiger charge is -2.26. The average molecular weight is 564 g/mol. The Labute approximate surface area is 257 Å². The number of fused-ring (bicyclic) bond motifs is 2. The van der Waals surface area contributed by atoms with E-state index in [0.29, 0.717) is 0 Å². The van der Waals surface area contributed by atoms with Crippen molar-refractivity contribution in [2.75, 3.05) is 4.90 Å².